The van der Waals surface area contributed by atoms with Crippen molar-refractivity contribution in [3.8, 4) is 0 Å². The number of aromatic nitrogens is 2. The number of sulfone groups is 1. The first kappa shape index (κ1) is 19.2. The summed E-state index contributed by atoms with van der Waals surface area (Å²) in [4.78, 5) is 30.8. The van der Waals surface area contributed by atoms with Gasteiger partial charge in [0.05, 0.1) is 23.5 Å². The molecule has 1 atom stereocenters. The van der Waals surface area contributed by atoms with Gasteiger partial charge in [-0.25, -0.2) is 8.42 Å². The molecule has 0 spiro atoms. The molecule has 2 amide bonds. The number of amides is 2. The van der Waals surface area contributed by atoms with Gasteiger partial charge in [-0.05, 0) is 18.6 Å². The van der Waals surface area contributed by atoms with Crippen molar-refractivity contribution in [3.63, 3.8) is 0 Å². The van der Waals surface area contributed by atoms with E-state index >= 15 is 0 Å². The van der Waals surface area contributed by atoms with Gasteiger partial charge >= 0.3 is 0 Å². The molecule has 1 aromatic heterocycles. The van der Waals surface area contributed by atoms with Crippen molar-refractivity contribution in [2.24, 2.45) is 0 Å². The van der Waals surface area contributed by atoms with Gasteiger partial charge in [-0.2, -0.15) is 4.98 Å². The van der Waals surface area contributed by atoms with Crippen LogP contribution < -0.4 is 0 Å². The topological polar surface area (TPSA) is 120 Å². The van der Waals surface area contributed by atoms with Crippen LogP contribution in [0.2, 0.25) is 0 Å². The standard InChI is InChI=1S/C17H19N3O6S/c1-25-9-7-14-18-15(26-19-14)13(8-10-27(2,23)24)20-16(21)11-5-3-4-6-12(11)17(20)22/h3-6,13H,7-10H2,1-2H3/t13-/m0/s1. The monoisotopic (exact) mass is 393 g/mol. The van der Waals surface area contributed by atoms with Gasteiger partial charge in [-0.15, -0.1) is 0 Å². The second kappa shape index (κ2) is 7.57. The molecule has 1 aliphatic heterocycles. The molecule has 0 radical (unpaired) electrons. The fourth-order valence-corrected chi connectivity index (χ4v) is 3.53. The summed E-state index contributed by atoms with van der Waals surface area (Å²) in [7, 11) is -1.79. The molecule has 0 N–H and O–H groups in total. The summed E-state index contributed by atoms with van der Waals surface area (Å²) in [6.07, 6.45) is 1.45. The zero-order valence-corrected chi connectivity index (χ0v) is 15.7. The van der Waals surface area contributed by atoms with E-state index in [0.29, 0.717) is 18.9 Å². The number of benzene rings is 1. The Bertz CT molecular complexity index is 934. The van der Waals surface area contributed by atoms with E-state index in [0.717, 1.165) is 11.2 Å². The molecule has 1 aliphatic rings. The Morgan fingerprint density at radius 2 is 1.81 bits per heavy atom. The summed E-state index contributed by atoms with van der Waals surface area (Å²) in [5, 5.41) is 3.82. The van der Waals surface area contributed by atoms with Crippen LogP contribution in [0.3, 0.4) is 0 Å². The highest BCUT2D eigenvalue weighted by Crippen LogP contribution is 2.33. The van der Waals surface area contributed by atoms with Crippen LogP contribution in [-0.4, -0.2) is 61.0 Å². The molecule has 0 saturated carbocycles. The average Bonchev–Trinajstić information content (AvgIpc) is 3.18. The summed E-state index contributed by atoms with van der Waals surface area (Å²) >= 11 is 0. The maximum absolute atomic E-state index is 12.8. The number of nitrogens with zero attached hydrogens (tertiary/aromatic N) is 3. The molecular weight excluding hydrogens is 374 g/mol. The van der Waals surface area contributed by atoms with Crippen LogP contribution in [0.1, 0.15) is 44.9 Å². The predicted molar refractivity (Wildman–Crippen MR) is 93.9 cm³/mol. The van der Waals surface area contributed by atoms with E-state index in [1.165, 1.54) is 7.11 Å². The van der Waals surface area contributed by atoms with Crippen molar-refractivity contribution in [1.82, 2.24) is 15.0 Å². The first-order chi connectivity index (χ1) is 12.8. The summed E-state index contributed by atoms with van der Waals surface area (Å²) < 4.78 is 33.5. The Hall–Kier alpha value is -2.59. The molecule has 2 heterocycles. The Morgan fingerprint density at radius 3 is 2.37 bits per heavy atom. The van der Waals surface area contributed by atoms with Crippen molar-refractivity contribution in [3.05, 3.63) is 47.1 Å². The van der Waals surface area contributed by atoms with Gasteiger partial charge in [0.2, 0.25) is 5.89 Å². The maximum Gasteiger partial charge on any atom is 0.262 e. The van der Waals surface area contributed by atoms with Crippen LogP contribution in [0.4, 0.5) is 0 Å². The lowest BCUT2D eigenvalue weighted by Gasteiger charge is -2.22. The number of rotatable bonds is 8. The molecule has 144 valence electrons. The third-order valence-electron chi connectivity index (χ3n) is 4.20. The highest BCUT2D eigenvalue weighted by Gasteiger charge is 2.42. The quantitative estimate of drug-likeness (QED) is 0.610. The number of carbonyl (C=O) groups is 2. The first-order valence-electron chi connectivity index (χ1n) is 8.28. The maximum atomic E-state index is 12.8. The SMILES string of the molecule is COCCc1noc([C@H](CCS(C)(=O)=O)N2C(=O)c3ccccc3C2=O)n1. The van der Waals surface area contributed by atoms with E-state index in [9.17, 15) is 18.0 Å². The summed E-state index contributed by atoms with van der Waals surface area (Å²) in [6, 6.07) is 5.47. The van der Waals surface area contributed by atoms with Gasteiger partial charge in [-0.1, -0.05) is 17.3 Å². The highest BCUT2D eigenvalue weighted by atomic mass is 32.2. The van der Waals surface area contributed by atoms with Gasteiger partial charge in [0.1, 0.15) is 15.9 Å². The molecule has 0 saturated heterocycles. The first-order valence-corrected chi connectivity index (χ1v) is 10.3. The lowest BCUT2D eigenvalue weighted by molar-refractivity contribution is 0.0547. The molecule has 27 heavy (non-hydrogen) atoms. The fourth-order valence-electron chi connectivity index (χ4n) is 2.88. The minimum Gasteiger partial charge on any atom is -0.384 e. The lowest BCUT2D eigenvalue weighted by atomic mass is 10.1. The zero-order valence-electron chi connectivity index (χ0n) is 14.9. The third kappa shape index (κ3) is 4.06. The smallest absolute Gasteiger partial charge is 0.262 e. The number of hydrogen-bond donors (Lipinski definition) is 0. The largest absolute Gasteiger partial charge is 0.384 e. The zero-order chi connectivity index (χ0) is 19.6. The minimum absolute atomic E-state index is 0.0271. The molecular formula is C17H19N3O6S. The number of fused-ring (bicyclic) bond motifs is 1. The minimum atomic E-state index is -3.33. The van der Waals surface area contributed by atoms with Crippen LogP contribution in [0.25, 0.3) is 0 Å². The lowest BCUT2D eigenvalue weighted by Crippen LogP contribution is -2.35. The van der Waals surface area contributed by atoms with Crippen molar-refractivity contribution in [1.29, 1.82) is 0 Å². The second-order valence-electron chi connectivity index (χ2n) is 6.25. The number of carbonyl (C=O) groups excluding carboxylic acids is 2. The van der Waals surface area contributed by atoms with Gasteiger partial charge in [-0.3, -0.25) is 14.5 Å². The summed E-state index contributed by atoms with van der Waals surface area (Å²) in [5.41, 5.74) is 0.539. The molecule has 0 bridgehead atoms. The number of ether oxygens (including phenoxy) is 1. The van der Waals surface area contributed by atoms with E-state index in [-0.39, 0.29) is 29.2 Å². The van der Waals surface area contributed by atoms with Crippen LogP contribution in [0.15, 0.2) is 28.8 Å². The third-order valence-corrected chi connectivity index (χ3v) is 5.18. The van der Waals surface area contributed by atoms with Crippen LogP contribution in [0, 0.1) is 0 Å². The van der Waals surface area contributed by atoms with Gasteiger partial charge in [0, 0.05) is 19.8 Å². The molecule has 3 rings (SSSR count). The number of hydrogen-bond acceptors (Lipinski definition) is 8. The summed E-state index contributed by atoms with van der Waals surface area (Å²) in [5.74, 6) is -0.871. The molecule has 9 nitrogen and oxygen atoms in total. The van der Waals surface area contributed by atoms with E-state index < -0.39 is 27.7 Å². The number of imide groups is 1. The molecule has 2 aromatic rings. The average molecular weight is 393 g/mol. The Morgan fingerprint density at radius 1 is 1.19 bits per heavy atom. The van der Waals surface area contributed by atoms with Crippen molar-refractivity contribution in [2.45, 2.75) is 18.9 Å². The molecule has 0 fully saturated rings. The normalized spacial score (nSPS) is 15.3. The molecule has 0 unspecified atom stereocenters. The Balaban J connectivity index is 1.94. The van der Waals surface area contributed by atoms with Crippen LogP contribution in [-0.2, 0) is 21.0 Å². The van der Waals surface area contributed by atoms with E-state index in [1.807, 2.05) is 0 Å². The molecule has 1 aromatic carbocycles. The fraction of sp³-hybridized carbons (Fsp3) is 0.412. The second-order valence-corrected chi connectivity index (χ2v) is 8.51. The van der Waals surface area contributed by atoms with Crippen molar-refractivity contribution in [2.75, 3.05) is 25.7 Å². The van der Waals surface area contributed by atoms with Crippen LogP contribution >= 0.6 is 0 Å². The van der Waals surface area contributed by atoms with E-state index in [4.69, 9.17) is 9.26 Å². The Kier molecular flexibility index (Phi) is 5.38. The summed E-state index contributed by atoms with van der Waals surface area (Å²) in [6.45, 7) is 0.375. The Labute approximate surface area is 156 Å². The predicted octanol–water partition coefficient (Wildman–Crippen LogP) is 1.03. The highest BCUT2D eigenvalue weighted by molar-refractivity contribution is 7.90. The van der Waals surface area contributed by atoms with Gasteiger partial charge in [0.25, 0.3) is 11.8 Å². The van der Waals surface area contributed by atoms with Crippen LogP contribution in [0.5, 0.6) is 0 Å². The van der Waals surface area contributed by atoms with Gasteiger partial charge in [0.15, 0.2) is 5.82 Å². The van der Waals surface area contributed by atoms with E-state index in [1.54, 1.807) is 24.3 Å². The van der Waals surface area contributed by atoms with Crippen molar-refractivity contribution >= 4 is 21.7 Å². The molecule has 0 aliphatic carbocycles. The van der Waals surface area contributed by atoms with E-state index in [2.05, 4.69) is 10.1 Å². The van der Waals surface area contributed by atoms with Crippen molar-refractivity contribution < 1.29 is 27.3 Å². The number of methoxy groups -OCH3 is 1. The van der Waals surface area contributed by atoms with Gasteiger partial charge < -0.3 is 9.26 Å². The molecule has 10 heteroatoms.